The van der Waals surface area contributed by atoms with Crippen LogP contribution >= 0.6 is 0 Å². The van der Waals surface area contributed by atoms with Crippen molar-refractivity contribution in [3.8, 4) is 11.3 Å². The number of hydrogen-bond acceptors (Lipinski definition) is 7. The Morgan fingerprint density at radius 3 is 2.56 bits per heavy atom. The molecule has 1 fully saturated rings. The van der Waals surface area contributed by atoms with Gasteiger partial charge >= 0.3 is 0 Å². The van der Waals surface area contributed by atoms with Crippen LogP contribution in [0.25, 0.3) is 22.3 Å². The average molecular weight is 479 g/mol. The second-order valence-corrected chi connectivity index (χ2v) is 9.05. The number of nitrogen functional groups attached to an aromatic ring is 1. The van der Waals surface area contributed by atoms with Gasteiger partial charge in [-0.05, 0) is 31.5 Å². The maximum atomic E-state index is 13.1. The Balaban J connectivity index is 1.28. The van der Waals surface area contributed by atoms with Gasteiger partial charge in [-0.15, -0.1) is 0 Å². The molecule has 3 aromatic heterocycles. The lowest BCUT2D eigenvalue weighted by Gasteiger charge is -2.23. The van der Waals surface area contributed by atoms with Crippen molar-refractivity contribution >= 4 is 22.6 Å². The van der Waals surface area contributed by atoms with Crippen LogP contribution in [0.3, 0.4) is 0 Å². The third kappa shape index (κ3) is 4.14. The molecule has 9 nitrogen and oxygen atoms in total. The van der Waals surface area contributed by atoms with Crippen molar-refractivity contribution in [3.05, 3.63) is 90.0 Å². The fourth-order valence-electron chi connectivity index (χ4n) is 4.79. The second-order valence-electron chi connectivity index (χ2n) is 9.05. The molecule has 1 aliphatic rings. The highest BCUT2D eigenvalue weighted by Crippen LogP contribution is 2.33. The van der Waals surface area contributed by atoms with Gasteiger partial charge in [0.05, 0.1) is 29.7 Å². The van der Waals surface area contributed by atoms with Crippen molar-refractivity contribution in [2.75, 3.05) is 18.8 Å². The summed E-state index contributed by atoms with van der Waals surface area (Å²) in [7, 11) is 0. The minimum absolute atomic E-state index is 0.0752. The Labute approximate surface area is 208 Å². The Morgan fingerprint density at radius 2 is 1.78 bits per heavy atom. The molecule has 0 amide bonds. The maximum absolute atomic E-state index is 13.1. The quantitative estimate of drug-likeness (QED) is 0.359. The highest BCUT2D eigenvalue weighted by Gasteiger charge is 2.23. The number of anilines is 1. The van der Waals surface area contributed by atoms with Crippen LogP contribution in [0, 0.1) is 0 Å². The summed E-state index contributed by atoms with van der Waals surface area (Å²) in [6, 6.07) is 17.7. The molecule has 0 radical (unpaired) electrons. The van der Waals surface area contributed by atoms with E-state index in [1.54, 1.807) is 17.1 Å². The molecule has 5 aromatic rings. The zero-order chi connectivity index (χ0) is 24.5. The monoisotopic (exact) mass is 478 g/mol. The lowest BCUT2D eigenvalue weighted by molar-refractivity contribution is 0.103. The van der Waals surface area contributed by atoms with Crippen molar-refractivity contribution in [3.63, 3.8) is 0 Å². The number of nitrogens with one attached hydrogen (secondary N) is 1. The van der Waals surface area contributed by atoms with Crippen molar-refractivity contribution in [1.29, 1.82) is 0 Å². The van der Waals surface area contributed by atoms with Crippen molar-refractivity contribution in [1.82, 2.24) is 34.8 Å². The van der Waals surface area contributed by atoms with Crippen molar-refractivity contribution in [2.24, 2.45) is 0 Å². The van der Waals surface area contributed by atoms with E-state index in [9.17, 15) is 4.79 Å². The molecule has 0 spiro atoms. The predicted octanol–water partition coefficient (Wildman–Crippen LogP) is 3.48. The lowest BCUT2D eigenvalue weighted by Crippen LogP contribution is -2.30. The van der Waals surface area contributed by atoms with Gasteiger partial charge in [-0.3, -0.25) is 9.48 Å². The van der Waals surface area contributed by atoms with Crippen LogP contribution in [0.2, 0.25) is 0 Å². The molecule has 0 aliphatic carbocycles. The molecule has 6 rings (SSSR count). The number of nitrogens with two attached hydrogens (primary N) is 1. The Kier molecular flexibility index (Phi) is 5.74. The summed E-state index contributed by atoms with van der Waals surface area (Å²) in [5.41, 5.74) is 10.9. The van der Waals surface area contributed by atoms with Gasteiger partial charge in [0, 0.05) is 17.3 Å². The minimum Gasteiger partial charge on any atom is -0.383 e. The van der Waals surface area contributed by atoms with Gasteiger partial charge in [0.25, 0.3) is 0 Å². The van der Waals surface area contributed by atoms with Gasteiger partial charge in [0.1, 0.15) is 17.8 Å². The number of aromatic nitrogens is 6. The molecule has 36 heavy (non-hydrogen) atoms. The topological polar surface area (TPSA) is 117 Å². The molecule has 1 aliphatic heterocycles. The zero-order valence-electron chi connectivity index (χ0n) is 19.7. The Morgan fingerprint density at radius 1 is 1.00 bits per heavy atom. The molecule has 1 saturated heterocycles. The molecular weight excluding hydrogens is 452 g/mol. The fraction of sp³-hybridized carbons (Fsp3) is 0.222. The average Bonchev–Trinajstić information content (AvgIpc) is 3.55. The van der Waals surface area contributed by atoms with Crippen LogP contribution in [0.15, 0.2) is 73.3 Å². The SMILES string of the molecule is Nc1ncnc2c1c(-c1ccc(C(=O)c3cnn(Cc4ccccc4)c3)cc1)nn2C1CCNCC1. The first-order chi connectivity index (χ1) is 17.7. The third-order valence-corrected chi connectivity index (χ3v) is 6.68. The number of piperidine rings is 1. The summed E-state index contributed by atoms with van der Waals surface area (Å²) in [5.74, 6) is 0.329. The maximum Gasteiger partial charge on any atom is 0.196 e. The van der Waals surface area contributed by atoms with Crippen molar-refractivity contribution < 1.29 is 4.79 Å². The standard InChI is InChI=1S/C27H26N8O/c28-26-23-24(33-35(27(23)31-17-30-26)22-10-12-29-13-11-22)19-6-8-20(9-7-19)25(36)21-14-32-34(16-21)15-18-4-2-1-3-5-18/h1-9,14,16-17,22,29H,10-13,15H2,(H2,28,30,31). The fourth-order valence-corrected chi connectivity index (χ4v) is 4.79. The van der Waals surface area contributed by atoms with E-state index < -0.39 is 0 Å². The van der Waals surface area contributed by atoms with E-state index in [0.29, 0.717) is 23.5 Å². The van der Waals surface area contributed by atoms with Crippen LogP contribution in [0.1, 0.15) is 40.4 Å². The van der Waals surface area contributed by atoms with Gasteiger partial charge < -0.3 is 11.1 Å². The normalized spacial score (nSPS) is 14.3. The van der Waals surface area contributed by atoms with Crippen molar-refractivity contribution in [2.45, 2.75) is 25.4 Å². The van der Waals surface area contributed by atoms with E-state index >= 15 is 0 Å². The van der Waals surface area contributed by atoms with Gasteiger partial charge in [-0.2, -0.15) is 10.2 Å². The number of nitrogens with zero attached hydrogens (tertiary/aromatic N) is 6. The number of carbonyl (C=O) groups is 1. The number of benzene rings is 2. The molecule has 0 bridgehead atoms. The van der Waals surface area contributed by atoms with Crippen LogP contribution in [-0.4, -0.2) is 48.4 Å². The summed E-state index contributed by atoms with van der Waals surface area (Å²) in [5, 5.41) is 13.4. The number of carbonyl (C=O) groups excluding carboxylic acids is 1. The van der Waals surface area contributed by atoms with Crippen LogP contribution in [0.4, 0.5) is 5.82 Å². The van der Waals surface area contributed by atoms with Gasteiger partial charge in [0.2, 0.25) is 0 Å². The molecule has 0 saturated carbocycles. The zero-order valence-corrected chi connectivity index (χ0v) is 19.7. The lowest BCUT2D eigenvalue weighted by atomic mass is 10.0. The Bertz CT molecular complexity index is 1510. The molecule has 4 heterocycles. The summed E-state index contributed by atoms with van der Waals surface area (Å²) >= 11 is 0. The number of fused-ring (bicyclic) bond motifs is 1. The van der Waals surface area contributed by atoms with E-state index in [2.05, 4.69) is 20.4 Å². The van der Waals surface area contributed by atoms with E-state index in [1.807, 2.05) is 59.3 Å². The molecule has 9 heteroatoms. The highest BCUT2D eigenvalue weighted by atomic mass is 16.1. The predicted molar refractivity (Wildman–Crippen MR) is 138 cm³/mol. The molecule has 180 valence electrons. The van der Waals surface area contributed by atoms with E-state index in [0.717, 1.165) is 53.8 Å². The first kappa shape index (κ1) is 22.1. The van der Waals surface area contributed by atoms with Crippen LogP contribution < -0.4 is 11.1 Å². The third-order valence-electron chi connectivity index (χ3n) is 6.68. The molecule has 2 aromatic carbocycles. The molecule has 3 N–H and O–H groups in total. The Hall–Kier alpha value is -4.37. The molecule has 0 unspecified atom stereocenters. The summed E-state index contributed by atoms with van der Waals surface area (Å²) in [6.45, 7) is 2.50. The first-order valence-corrected chi connectivity index (χ1v) is 12.1. The molecule has 0 atom stereocenters. The van der Waals surface area contributed by atoms with Crippen LogP contribution in [0.5, 0.6) is 0 Å². The van der Waals surface area contributed by atoms with E-state index in [4.69, 9.17) is 10.8 Å². The summed E-state index contributed by atoms with van der Waals surface area (Å²) < 4.78 is 3.77. The number of rotatable bonds is 6. The molecular formula is C27H26N8O. The number of hydrogen-bond donors (Lipinski definition) is 2. The van der Waals surface area contributed by atoms with E-state index in [-0.39, 0.29) is 11.8 Å². The summed E-state index contributed by atoms with van der Waals surface area (Å²) in [4.78, 5) is 21.8. The largest absolute Gasteiger partial charge is 0.383 e. The van der Waals surface area contributed by atoms with Crippen LogP contribution in [-0.2, 0) is 6.54 Å². The van der Waals surface area contributed by atoms with Gasteiger partial charge in [-0.25, -0.2) is 14.6 Å². The van der Waals surface area contributed by atoms with Gasteiger partial charge in [-0.1, -0.05) is 54.6 Å². The first-order valence-electron chi connectivity index (χ1n) is 12.1. The number of ketones is 1. The minimum atomic E-state index is -0.0752. The second kappa shape index (κ2) is 9.35. The van der Waals surface area contributed by atoms with Gasteiger partial charge in [0.15, 0.2) is 11.4 Å². The van der Waals surface area contributed by atoms with E-state index in [1.165, 1.54) is 6.33 Å². The highest BCUT2D eigenvalue weighted by molar-refractivity contribution is 6.09. The smallest absolute Gasteiger partial charge is 0.196 e. The summed E-state index contributed by atoms with van der Waals surface area (Å²) in [6.07, 6.45) is 6.85.